The van der Waals surface area contributed by atoms with Gasteiger partial charge < -0.3 is 10.2 Å². The lowest BCUT2D eigenvalue weighted by Gasteiger charge is -2.35. The Bertz CT molecular complexity index is 431. The van der Waals surface area contributed by atoms with Crippen LogP contribution < -0.4 is 5.32 Å². The van der Waals surface area contributed by atoms with Crippen LogP contribution in [0.25, 0.3) is 0 Å². The van der Waals surface area contributed by atoms with Crippen molar-refractivity contribution < 1.29 is 9.59 Å². The zero-order valence-electron chi connectivity index (χ0n) is 10.5. The monoisotopic (exact) mass is 267 g/mol. The van der Waals surface area contributed by atoms with Gasteiger partial charge in [0.1, 0.15) is 11.0 Å². The van der Waals surface area contributed by atoms with E-state index in [1.165, 1.54) is 11.3 Å². The molecule has 0 spiro atoms. The average molecular weight is 267 g/mol. The van der Waals surface area contributed by atoms with Crippen LogP contribution in [0.2, 0.25) is 0 Å². The average Bonchev–Trinajstić information content (AvgIpc) is 2.80. The van der Waals surface area contributed by atoms with E-state index in [1.807, 2.05) is 19.2 Å². The maximum Gasteiger partial charge on any atom is 0.243 e. The van der Waals surface area contributed by atoms with Gasteiger partial charge in [-0.1, -0.05) is 13.8 Å². The van der Waals surface area contributed by atoms with E-state index in [4.69, 9.17) is 0 Å². The summed E-state index contributed by atoms with van der Waals surface area (Å²) in [6.45, 7) is 4.63. The quantitative estimate of drug-likeness (QED) is 0.886. The Hall–Kier alpha value is -1.43. The van der Waals surface area contributed by atoms with Crippen LogP contribution in [0.1, 0.15) is 25.3 Å². The maximum absolute atomic E-state index is 11.9. The standard InChI is InChI=1S/C12H17N3O2S/c1-8(2)5-9-12(17)14-6-11(16)15(9)7-10-13-3-4-18-10/h3-4,8-9H,5-7H2,1-2H3,(H,14,17). The van der Waals surface area contributed by atoms with Gasteiger partial charge in [0.05, 0.1) is 13.1 Å². The van der Waals surface area contributed by atoms with Gasteiger partial charge in [0.25, 0.3) is 0 Å². The summed E-state index contributed by atoms with van der Waals surface area (Å²) in [6, 6.07) is -0.366. The third-order valence-electron chi connectivity index (χ3n) is 2.90. The molecule has 1 saturated heterocycles. The van der Waals surface area contributed by atoms with Crippen LogP contribution >= 0.6 is 11.3 Å². The second-order valence-corrected chi connectivity index (χ2v) is 5.79. The summed E-state index contributed by atoms with van der Waals surface area (Å²) >= 11 is 1.50. The van der Waals surface area contributed by atoms with E-state index < -0.39 is 0 Å². The molecule has 2 amide bonds. The van der Waals surface area contributed by atoms with Crippen LogP contribution in [-0.4, -0.2) is 34.3 Å². The Morgan fingerprint density at radius 3 is 2.94 bits per heavy atom. The number of amides is 2. The number of carbonyl (C=O) groups excluding carboxylic acids is 2. The van der Waals surface area contributed by atoms with Gasteiger partial charge in [0, 0.05) is 11.6 Å². The highest BCUT2D eigenvalue weighted by Gasteiger charge is 2.34. The molecule has 0 saturated carbocycles. The smallest absolute Gasteiger partial charge is 0.243 e. The first-order chi connectivity index (χ1) is 8.58. The molecule has 5 nitrogen and oxygen atoms in total. The summed E-state index contributed by atoms with van der Waals surface area (Å²) in [7, 11) is 0. The molecule has 2 heterocycles. The molecule has 1 aromatic heterocycles. The molecular weight excluding hydrogens is 250 g/mol. The van der Waals surface area contributed by atoms with Crippen LogP contribution in [0.5, 0.6) is 0 Å². The molecule has 1 N–H and O–H groups in total. The second kappa shape index (κ2) is 5.48. The Balaban J connectivity index is 2.15. The molecule has 2 rings (SSSR count). The van der Waals surface area contributed by atoms with Crippen molar-refractivity contribution in [2.75, 3.05) is 6.54 Å². The summed E-state index contributed by atoms with van der Waals surface area (Å²) in [4.78, 5) is 29.7. The number of carbonyl (C=O) groups is 2. The molecule has 0 aliphatic carbocycles. The summed E-state index contributed by atoms with van der Waals surface area (Å²) < 4.78 is 0. The molecule has 0 bridgehead atoms. The Morgan fingerprint density at radius 2 is 2.33 bits per heavy atom. The van der Waals surface area contributed by atoms with E-state index in [-0.39, 0.29) is 24.4 Å². The normalized spacial score (nSPS) is 20.4. The van der Waals surface area contributed by atoms with Gasteiger partial charge in [-0.3, -0.25) is 9.59 Å². The number of hydrogen-bond donors (Lipinski definition) is 1. The van der Waals surface area contributed by atoms with Gasteiger partial charge in [-0.25, -0.2) is 4.98 Å². The van der Waals surface area contributed by atoms with Crippen LogP contribution in [0.15, 0.2) is 11.6 Å². The summed E-state index contributed by atoms with van der Waals surface area (Å²) in [5.41, 5.74) is 0. The Kier molecular flexibility index (Phi) is 3.96. The van der Waals surface area contributed by atoms with Crippen molar-refractivity contribution >= 4 is 23.2 Å². The number of thiazole rings is 1. The summed E-state index contributed by atoms with van der Waals surface area (Å²) in [6.07, 6.45) is 2.40. The van der Waals surface area contributed by atoms with E-state index >= 15 is 0 Å². The third kappa shape index (κ3) is 2.87. The zero-order valence-corrected chi connectivity index (χ0v) is 11.4. The largest absolute Gasteiger partial charge is 0.345 e. The Labute approximate surface area is 110 Å². The lowest BCUT2D eigenvalue weighted by Crippen LogP contribution is -2.58. The highest BCUT2D eigenvalue weighted by molar-refractivity contribution is 7.09. The molecule has 0 aromatic carbocycles. The van der Waals surface area contributed by atoms with Crippen molar-refractivity contribution in [1.82, 2.24) is 15.2 Å². The van der Waals surface area contributed by atoms with Crippen LogP contribution in [0, 0.1) is 5.92 Å². The highest BCUT2D eigenvalue weighted by Crippen LogP contribution is 2.19. The van der Waals surface area contributed by atoms with Gasteiger partial charge in [-0.05, 0) is 12.3 Å². The van der Waals surface area contributed by atoms with Crippen molar-refractivity contribution in [3.63, 3.8) is 0 Å². The molecule has 1 atom stereocenters. The molecule has 18 heavy (non-hydrogen) atoms. The summed E-state index contributed by atoms with van der Waals surface area (Å²) in [5, 5.41) is 5.39. The number of rotatable bonds is 4. The highest BCUT2D eigenvalue weighted by atomic mass is 32.1. The van der Waals surface area contributed by atoms with Crippen molar-refractivity contribution in [3.05, 3.63) is 16.6 Å². The van der Waals surface area contributed by atoms with Crippen molar-refractivity contribution in [1.29, 1.82) is 0 Å². The topological polar surface area (TPSA) is 62.3 Å². The lowest BCUT2D eigenvalue weighted by molar-refractivity contribution is -0.146. The lowest BCUT2D eigenvalue weighted by atomic mass is 10.00. The van der Waals surface area contributed by atoms with Crippen LogP contribution in [-0.2, 0) is 16.1 Å². The van der Waals surface area contributed by atoms with Gasteiger partial charge in [0.2, 0.25) is 11.8 Å². The zero-order chi connectivity index (χ0) is 13.1. The molecule has 1 aromatic rings. The first kappa shape index (κ1) is 13.0. The fraction of sp³-hybridized carbons (Fsp3) is 0.583. The number of nitrogens with zero attached hydrogens (tertiary/aromatic N) is 2. The van der Waals surface area contributed by atoms with E-state index in [2.05, 4.69) is 10.3 Å². The molecule has 6 heteroatoms. The van der Waals surface area contributed by atoms with Crippen molar-refractivity contribution in [2.45, 2.75) is 32.9 Å². The van der Waals surface area contributed by atoms with Crippen molar-refractivity contribution in [3.8, 4) is 0 Å². The molecular formula is C12H17N3O2S. The minimum Gasteiger partial charge on any atom is -0.345 e. The molecule has 1 aliphatic heterocycles. The molecule has 1 unspecified atom stereocenters. The number of hydrogen-bond acceptors (Lipinski definition) is 4. The molecule has 1 aliphatic rings. The van der Waals surface area contributed by atoms with Crippen LogP contribution in [0.3, 0.4) is 0 Å². The van der Waals surface area contributed by atoms with E-state index in [0.29, 0.717) is 18.9 Å². The van der Waals surface area contributed by atoms with Gasteiger partial charge in [0.15, 0.2) is 0 Å². The van der Waals surface area contributed by atoms with Gasteiger partial charge in [-0.15, -0.1) is 11.3 Å². The predicted octanol–water partition coefficient (Wildman–Crippen LogP) is 1.02. The molecule has 98 valence electrons. The first-order valence-electron chi connectivity index (χ1n) is 6.03. The molecule has 0 radical (unpaired) electrons. The second-order valence-electron chi connectivity index (χ2n) is 4.81. The maximum atomic E-state index is 11.9. The molecule has 1 fully saturated rings. The third-order valence-corrected chi connectivity index (χ3v) is 3.66. The summed E-state index contributed by atoms with van der Waals surface area (Å²) in [5.74, 6) is 0.278. The number of aromatic nitrogens is 1. The predicted molar refractivity (Wildman–Crippen MR) is 68.9 cm³/mol. The van der Waals surface area contributed by atoms with E-state index in [9.17, 15) is 9.59 Å². The first-order valence-corrected chi connectivity index (χ1v) is 6.91. The minimum atomic E-state index is -0.366. The van der Waals surface area contributed by atoms with Crippen LogP contribution in [0.4, 0.5) is 0 Å². The Morgan fingerprint density at radius 1 is 1.56 bits per heavy atom. The van der Waals surface area contributed by atoms with Crippen molar-refractivity contribution in [2.24, 2.45) is 5.92 Å². The van der Waals surface area contributed by atoms with Gasteiger partial charge in [-0.2, -0.15) is 0 Å². The fourth-order valence-electron chi connectivity index (χ4n) is 2.05. The number of nitrogens with one attached hydrogen (secondary N) is 1. The minimum absolute atomic E-state index is 0.0320. The van der Waals surface area contributed by atoms with E-state index in [1.54, 1.807) is 11.1 Å². The fourth-order valence-corrected chi connectivity index (χ4v) is 2.67. The number of piperazine rings is 1. The SMILES string of the molecule is CC(C)CC1C(=O)NCC(=O)N1Cc1nccs1. The van der Waals surface area contributed by atoms with E-state index in [0.717, 1.165) is 5.01 Å². The van der Waals surface area contributed by atoms with Gasteiger partial charge >= 0.3 is 0 Å².